The third-order valence-electron chi connectivity index (χ3n) is 4.58. The van der Waals surface area contributed by atoms with Gasteiger partial charge in [-0.3, -0.25) is 0 Å². The Morgan fingerprint density at radius 3 is 2.47 bits per heavy atom. The van der Waals surface area contributed by atoms with Crippen molar-refractivity contribution in [3.63, 3.8) is 0 Å². The molecule has 0 radical (unpaired) electrons. The van der Waals surface area contributed by atoms with Crippen molar-refractivity contribution in [1.29, 1.82) is 0 Å². The predicted molar refractivity (Wildman–Crippen MR) is 124 cm³/mol. The molecule has 2 rings (SSSR count). The van der Waals surface area contributed by atoms with E-state index in [0.717, 1.165) is 18.4 Å². The maximum Gasteiger partial charge on any atom is 0.408 e. The van der Waals surface area contributed by atoms with Crippen molar-refractivity contribution in [3.8, 4) is 5.75 Å². The van der Waals surface area contributed by atoms with Crippen LogP contribution >= 0.6 is 11.6 Å². The maximum absolute atomic E-state index is 12.9. The lowest BCUT2D eigenvalue weighted by Crippen LogP contribution is -2.45. The average molecular weight is 466 g/mol. The third kappa shape index (κ3) is 7.55. The summed E-state index contributed by atoms with van der Waals surface area (Å²) in [6.45, 7) is 11.1. The van der Waals surface area contributed by atoms with E-state index in [1.165, 1.54) is 12.1 Å². The largest absolute Gasteiger partial charge is 0.444 e. The standard InChI is InChI=1S/C24H32ClNO6/c1-7-8-9-15-11-21(27)30-19-13-20(17(25)12-16(15)19)31-22(28)18(10-14(2)3)26-23(29)32-24(4,5)6/h11-14,18H,7-10H2,1-6H3,(H,26,29). The Hall–Kier alpha value is -2.54. The fraction of sp³-hybridized carbons (Fsp3) is 0.542. The Kier molecular flexibility index (Phi) is 8.73. The molecule has 0 spiro atoms. The highest BCUT2D eigenvalue weighted by atomic mass is 35.5. The quantitative estimate of drug-likeness (QED) is 0.308. The van der Waals surface area contributed by atoms with E-state index in [2.05, 4.69) is 12.2 Å². The molecule has 1 N–H and O–H groups in total. The summed E-state index contributed by atoms with van der Waals surface area (Å²) in [6.07, 6.45) is 2.24. The van der Waals surface area contributed by atoms with Gasteiger partial charge in [-0.05, 0) is 57.6 Å². The van der Waals surface area contributed by atoms with Crippen LogP contribution in [0.15, 0.2) is 27.4 Å². The van der Waals surface area contributed by atoms with Crippen LogP contribution in [0.1, 0.15) is 66.4 Å². The zero-order chi connectivity index (χ0) is 24.1. The smallest absolute Gasteiger partial charge is 0.408 e. The highest BCUT2D eigenvalue weighted by Gasteiger charge is 2.27. The van der Waals surface area contributed by atoms with Crippen molar-refractivity contribution in [1.82, 2.24) is 5.32 Å². The van der Waals surface area contributed by atoms with Gasteiger partial charge in [0.25, 0.3) is 0 Å². The number of rotatable bonds is 8. The van der Waals surface area contributed by atoms with E-state index >= 15 is 0 Å². The van der Waals surface area contributed by atoms with Gasteiger partial charge in [-0.1, -0.05) is 38.8 Å². The molecule has 1 heterocycles. The third-order valence-corrected chi connectivity index (χ3v) is 4.87. The van der Waals surface area contributed by atoms with Gasteiger partial charge < -0.3 is 19.2 Å². The summed E-state index contributed by atoms with van der Waals surface area (Å²) in [6, 6.07) is 3.60. The molecule has 0 saturated heterocycles. The molecule has 7 nitrogen and oxygen atoms in total. The molecule has 2 aromatic rings. The molecule has 0 saturated carbocycles. The van der Waals surface area contributed by atoms with Gasteiger partial charge in [0.15, 0.2) is 5.75 Å². The fourth-order valence-corrected chi connectivity index (χ4v) is 3.40. The van der Waals surface area contributed by atoms with Crippen LogP contribution in [0, 0.1) is 5.92 Å². The molecule has 1 aromatic carbocycles. The number of hydrogen-bond acceptors (Lipinski definition) is 6. The molecule has 0 aliphatic rings. The summed E-state index contributed by atoms with van der Waals surface area (Å²) in [7, 11) is 0. The van der Waals surface area contributed by atoms with Crippen LogP contribution in [0.4, 0.5) is 4.79 Å². The summed E-state index contributed by atoms with van der Waals surface area (Å²) < 4.78 is 16.1. The molecule has 0 bridgehead atoms. The minimum Gasteiger partial charge on any atom is -0.444 e. The lowest BCUT2D eigenvalue weighted by atomic mass is 10.0. The Morgan fingerprint density at radius 2 is 1.88 bits per heavy atom. The van der Waals surface area contributed by atoms with Gasteiger partial charge in [-0.15, -0.1) is 0 Å². The molecule has 0 aliphatic heterocycles. The second-order valence-corrected chi connectivity index (χ2v) is 9.63. The lowest BCUT2D eigenvalue weighted by molar-refractivity contribution is -0.137. The van der Waals surface area contributed by atoms with E-state index in [9.17, 15) is 14.4 Å². The number of ether oxygens (including phenoxy) is 2. The predicted octanol–water partition coefficient (Wildman–Crippen LogP) is 5.63. The number of carbonyl (C=O) groups excluding carboxylic acids is 2. The summed E-state index contributed by atoms with van der Waals surface area (Å²) in [5, 5.41) is 3.48. The fourth-order valence-electron chi connectivity index (χ4n) is 3.20. The molecule has 176 valence electrons. The van der Waals surface area contributed by atoms with Gasteiger partial charge in [0.1, 0.15) is 17.2 Å². The normalized spacial score (nSPS) is 12.6. The summed E-state index contributed by atoms with van der Waals surface area (Å²) in [5.41, 5.74) is -0.0589. The van der Waals surface area contributed by atoms with Gasteiger partial charge in [0, 0.05) is 17.5 Å². The number of aryl methyl sites for hydroxylation is 1. The van der Waals surface area contributed by atoms with Crippen LogP contribution in [-0.4, -0.2) is 23.7 Å². The molecule has 1 amide bonds. The van der Waals surface area contributed by atoms with Crippen molar-refractivity contribution in [2.24, 2.45) is 5.92 Å². The average Bonchev–Trinajstić information content (AvgIpc) is 2.64. The van der Waals surface area contributed by atoms with E-state index in [0.29, 0.717) is 18.2 Å². The highest BCUT2D eigenvalue weighted by Crippen LogP contribution is 2.32. The SMILES string of the molecule is CCCCc1cc(=O)oc2cc(OC(=O)C(CC(C)C)NC(=O)OC(C)(C)C)c(Cl)cc12. The van der Waals surface area contributed by atoms with Crippen LogP contribution in [0.3, 0.4) is 0 Å². The zero-order valence-electron chi connectivity index (χ0n) is 19.5. The van der Waals surface area contributed by atoms with Crippen LogP contribution in [-0.2, 0) is 16.0 Å². The van der Waals surface area contributed by atoms with Crippen LogP contribution < -0.4 is 15.7 Å². The number of benzene rings is 1. The minimum absolute atomic E-state index is 0.0553. The molecule has 1 aromatic heterocycles. The number of unbranched alkanes of at least 4 members (excludes halogenated alkanes) is 1. The molecular formula is C24H32ClNO6. The van der Waals surface area contributed by atoms with Crippen molar-refractivity contribution >= 4 is 34.6 Å². The first-order valence-electron chi connectivity index (χ1n) is 10.9. The first-order valence-corrected chi connectivity index (χ1v) is 11.2. The van der Waals surface area contributed by atoms with Crippen molar-refractivity contribution in [3.05, 3.63) is 39.2 Å². The number of alkyl carbamates (subject to hydrolysis) is 1. The highest BCUT2D eigenvalue weighted by molar-refractivity contribution is 6.33. The number of amides is 1. The topological polar surface area (TPSA) is 94.8 Å². The van der Waals surface area contributed by atoms with Crippen LogP contribution in [0.2, 0.25) is 5.02 Å². The molecule has 0 aliphatic carbocycles. The molecule has 1 atom stereocenters. The summed E-state index contributed by atoms with van der Waals surface area (Å²) >= 11 is 6.39. The van der Waals surface area contributed by atoms with E-state index in [1.807, 2.05) is 13.8 Å². The number of hydrogen-bond donors (Lipinski definition) is 1. The van der Waals surface area contributed by atoms with E-state index < -0.39 is 29.3 Å². The molecule has 1 unspecified atom stereocenters. The monoisotopic (exact) mass is 465 g/mol. The molecule has 0 fully saturated rings. The Morgan fingerprint density at radius 1 is 1.19 bits per heavy atom. The molecular weight excluding hydrogens is 434 g/mol. The Bertz CT molecular complexity index is 1020. The van der Waals surface area contributed by atoms with Crippen molar-refractivity contribution in [2.45, 2.75) is 78.9 Å². The van der Waals surface area contributed by atoms with Crippen LogP contribution in [0.5, 0.6) is 5.75 Å². The first-order chi connectivity index (χ1) is 14.9. The second kappa shape index (κ2) is 10.9. The van der Waals surface area contributed by atoms with Crippen LogP contribution in [0.25, 0.3) is 11.0 Å². The maximum atomic E-state index is 12.9. The van der Waals surface area contributed by atoms with Gasteiger partial charge in [-0.25, -0.2) is 14.4 Å². The zero-order valence-corrected chi connectivity index (χ0v) is 20.3. The minimum atomic E-state index is -0.931. The Balaban J connectivity index is 2.30. The molecule has 32 heavy (non-hydrogen) atoms. The lowest BCUT2D eigenvalue weighted by Gasteiger charge is -2.23. The van der Waals surface area contributed by atoms with Gasteiger partial charge in [0.05, 0.1) is 5.02 Å². The summed E-state index contributed by atoms with van der Waals surface area (Å²) in [5.74, 6) is -0.524. The molecule has 8 heteroatoms. The number of nitrogens with one attached hydrogen (secondary N) is 1. The van der Waals surface area contributed by atoms with Crippen molar-refractivity contribution in [2.75, 3.05) is 0 Å². The first kappa shape index (κ1) is 25.7. The second-order valence-electron chi connectivity index (χ2n) is 9.22. The Labute approximate surface area is 193 Å². The summed E-state index contributed by atoms with van der Waals surface area (Å²) in [4.78, 5) is 37.0. The van der Waals surface area contributed by atoms with E-state index in [-0.39, 0.29) is 22.3 Å². The van der Waals surface area contributed by atoms with E-state index in [4.69, 9.17) is 25.5 Å². The van der Waals surface area contributed by atoms with Gasteiger partial charge >= 0.3 is 17.7 Å². The van der Waals surface area contributed by atoms with E-state index in [1.54, 1.807) is 26.8 Å². The number of carbonyl (C=O) groups is 2. The van der Waals surface area contributed by atoms with Gasteiger partial charge in [-0.2, -0.15) is 0 Å². The number of esters is 1. The van der Waals surface area contributed by atoms with Gasteiger partial charge in [0.2, 0.25) is 0 Å². The van der Waals surface area contributed by atoms with Crippen molar-refractivity contribution < 1.29 is 23.5 Å². The number of halogens is 1. The number of fused-ring (bicyclic) bond motifs is 1.